The lowest BCUT2D eigenvalue weighted by molar-refractivity contribution is -0.191. The van der Waals surface area contributed by atoms with Gasteiger partial charge in [0, 0.05) is 29.8 Å². The van der Waals surface area contributed by atoms with Gasteiger partial charge in [0.15, 0.2) is 0 Å². The SMILES string of the molecule is C=C1CC[C@@H]2[C@](C)(COC(C)=O)[C@H](OC(C)=O)CC[C@@]2(C)[C@@H]1CC(Nc1ccccc1SC)C1=CCOC1=O. The van der Waals surface area contributed by atoms with Gasteiger partial charge < -0.3 is 19.5 Å². The Labute approximate surface area is 236 Å². The number of hydrogen-bond acceptors (Lipinski definition) is 8. The molecule has 2 saturated carbocycles. The van der Waals surface area contributed by atoms with E-state index in [0.29, 0.717) is 18.4 Å². The van der Waals surface area contributed by atoms with Gasteiger partial charge in [-0.2, -0.15) is 0 Å². The molecule has 8 heteroatoms. The summed E-state index contributed by atoms with van der Waals surface area (Å²) in [6.07, 6.45) is 7.48. The molecule has 2 fully saturated rings. The van der Waals surface area contributed by atoms with Crippen molar-refractivity contribution in [1.82, 2.24) is 0 Å². The zero-order valence-electron chi connectivity index (χ0n) is 23.7. The van der Waals surface area contributed by atoms with Gasteiger partial charge in [0.05, 0.1) is 11.6 Å². The summed E-state index contributed by atoms with van der Waals surface area (Å²) in [5, 5.41) is 3.68. The fraction of sp³-hybridized carbons (Fsp3) is 0.581. The Kier molecular flexibility index (Phi) is 8.84. The van der Waals surface area contributed by atoms with Gasteiger partial charge in [-0.05, 0) is 73.8 Å². The molecule has 0 spiro atoms. The van der Waals surface area contributed by atoms with Crippen LogP contribution in [0.2, 0.25) is 0 Å². The zero-order valence-corrected chi connectivity index (χ0v) is 24.5. The molecule has 4 rings (SSSR count). The second-order valence-corrected chi connectivity index (χ2v) is 12.5. The van der Waals surface area contributed by atoms with E-state index in [0.717, 1.165) is 29.8 Å². The fourth-order valence-electron chi connectivity index (χ4n) is 7.36. The predicted octanol–water partition coefficient (Wildman–Crippen LogP) is 5.95. The Balaban J connectivity index is 1.69. The maximum Gasteiger partial charge on any atom is 0.336 e. The monoisotopic (exact) mass is 555 g/mol. The van der Waals surface area contributed by atoms with Gasteiger partial charge in [-0.3, -0.25) is 9.59 Å². The molecule has 6 atom stereocenters. The summed E-state index contributed by atoms with van der Waals surface area (Å²) in [6.45, 7) is 12.2. The smallest absolute Gasteiger partial charge is 0.336 e. The number of anilines is 1. The molecule has 0 bridgehead atoms. The lowest BCUT2D eigenvalue weighted by Crippen LogP contribution is -2.59. The summed E-state index contributed by atoms with van der Waals surface area (Å²) < 4.78 is 16.8. The largest absolute Gasteiger partial charge is 0.465 e. The van der Waals surface area contributed by atoms with Crippen molar-refractivity contribution in [3.05, 3.63) is 48.1 Å². The number of esters is 3. The van der Waals surface area contributed by atoms with E-state index in [1.807, 2.05) is 30.5 Å². The zero-order chi connectivity index (χ0) is 28.4. The Morgan fingerprint density at radius 2 is 1.95 bits per heavy atom. The lowest BCUT2D eigenvalue weighted by atomic mass is 9.46. The van der Waals surface area contributed by atoms with Crippen molar-refractivity contribution in [2.45, 2.75) is 76.8 Å². The summed E-state index contributed by atoms with van der Waals surface area (Å²) in [5.74, 6) is -0.723. The molecular weight excluding hydrogens is 514 g/mol. The topological polar surface area (TPSA) is 90.9 Å². The molecule has 0 saturated heterocycles. The Bertz CT molecular complexity index is 1160. The number of nitrogens with one attached hydrogen (secondary N) is 1. The van der Waals surface area contributed by atoms with Crippen LogP contribution in [0.4, 0.5) is 5.69 Å². The molecule has 39 heavy (non-hydrogen) atoms. The average molecular weight is 556 g/mol. The molecular formula is C31H41NO6S. The van der Waals surface area contributed by atoms with Crippen LogP contribution in [-0.2, 0) is 28.6 Å². The van der Waals surface area contributed by atoms with Crippen LogP contribution in [0.5, 0.6) is 0 Å². The molecule has 1 N–H and O–H groups in total. The Morgan fingerprint density at radius 1 is 1.21 bits per heavy atom. The van der Waals surface area contributed by atoms with Crippen molar-refractivity contribution < 1.29 is 28.6 Å². The van der Waals surface area contributed by atoms with Crippen molar-refractivity contribution >= 4 is 35.4 Å². The molecule has 7 nitrogen and oxygen atoms in total. The van der Waals surface area contributed by atoms with Crippen molar-refractivity contribution in [3.8, 4) is 0 Å². The van der Waals surface area contributed by atoms with Crippen molar-refractivity contribution in [3.63, 3.8) is 0 Å². The highest BCUT2D eigenvalue weighted by Gasteiger charge is 2.60. The van der Waals surface area contributed by atoms with Crippen LogP contribution in [-0.4, -0.2) is 49.5 Å². The van der Waals surface area contributed by atoms with E-state index in [1.165, 1.54) is 19.4 Å². The van der Waals surface area contributed by atoms with E-state index in [4.69, 9.17) is 14.2 Å². The van der Waals surface area contributed by atoms with E-state index in [9.17, 15) is 14.4 Å². The second-order valence-electron chi connectivity index (χ2n) is 11.6. The van der Waals surface area contributed by atoms with Crippen LogP contribution >= 0.6 is 11.8 Å². The third-order valence-electron chi connectivity index (χ3n) is 9.25. The first-order chi connectivity index (χ1) is 18.5. The highest BCUT2D eigenvalue weighted by Crippen LogP contribution is 2.62. The normalized spacial score (nSPS) is 31.0. The first-order valence-corrected chi connectivity index (χ1v) is 15.0. The van der Waals surface area contributed by atoms with E-state index in [-0.39, 0.29) is 60.5 Å². The van der Waals surface area contributed by atoms with Gasteiger partial charge in [0.25, 0.3) is 0 Å². The first kappa shape index (κ1) is 29.2. The number of benzene rings is 1. The standard InChI is InChI=1S/C31H41NO6S/c1-19-11-12-27-30(4,15-13-28(38-21(3)34)31(27,5)18-37-20(2)33)23(19)17-25(22-14-16-36-29(22)35)32-24-9-7-8-10-26(24)39-6/h7-10,14,23,25,27-28,32H,1,11-13,15-18H2,2-6H3/t23-,25?,27+,28-,30+,31+/m1/s1. The molecule has 1 heterocycles. The van der Waals surface area contributed by atoms with E-state index in [1.54, 1.807) is 11.8 Å². The molecule has 212 valence electrons. The Morgan fingerprint density at radius 3 is 2.59 bits per heavy atom. The van der Waals surface area contributed by atoms with E-state index < -0.39 is 5.41 Å². The number of thioether (sulfide) groups is 1. The molecule has 0 amide bonds. The number of fused-ring (bicyclic) bond motifs is 1. The number of rotatable bonds is 9. The van der Waals surface area contributed by atoms with Gasteiger partial charge in [-0.1, -0.05) is 38.1 Å². The summed E-state index contributed by atoms with van der Waals surface area (Å²) in [7, 11) is 0. The summed E-state index contributed by atoms with van der Waals surface area (Å²) in [6, 6.07) is 7.86. The number of cyclic esters (lactones) is 1. The molecule has 1 unspecified atom stereocenters. The number of ether oxygens (including phenoxy) is 3. The third-order valence-corrected chi connectivity index (χ3v) is 10.0. The second kappa shape index (κ2) is 11.8. The van der Waals surface area contributed by atoms with Crippen molar-refractivity contribution in [2.75, 3.05) is 24.8 Å². The predicted molar refractivity (Wildman–Crippen MR) is 152 cm³/mol. The van der Waals surface area contributed by atoms with Crippen LogP contribution in [0.3, 0.4) is 0 Å². The van der Waals surface area contributed by atoms with Gasteiger partial charge in [0.1, 0.15) is 19.3 Å². The lowest BCUT2D eigenvalue weighted by Gasteiger charge is -2.60. The molecule has 0 radical (unpaired) electrons. The van der Waals surface area contributed by atoms with Crippen LogP contribution in [0.25, 0.3) is 0 Å². The number of carbonyl (C=O) groups is 3. The summed E-state index contributed by atoms with van der Waals surface area (Å²) in [5.41, 5.74) is 2.08. The number of hydrogen-bond donors (Lipinski definition) is 1. The maximum atomic E-state index is 12.8. The van der Waals surface area contributed by atoms with Crippen molar-refractivity contribution in [1.29, 1.82) is 0 Å². The van der Waals surface area contributed by atoms with Gasteiger partial charge in [-0.25, -0.2) is 4.79 Å². The van der Waals surface area contributed by atoms with Gasteiger partial charge >= 0.3 is 17.9 Å². The summed E-state index contributed by atoms with van der Waals surface area (Å²) >= 11 is 1.66. The highest BCUT2D eigenvalue weighted by atomic mass is 32.2. The number of carbonyl (C=O) groups excluding carboxylic acids is 3. The minimum atomic E-state index is -0.538. The fourth-order valence-corrected chi connectivity index (χ4v) is 7.92. The van der Waals surface area contributed by atoms with E-state index >= 15 is 0 Å². The van der Waals surface area contributed by atoms with Crippen LogP contribution in [0, 0.1) is 22.7 Å². The molecule has 2 aliphatic carbocycles. The summed E-state index contributed by atoms with van der Waals surface area (Å²) in [4.78, 5) is 37.8. The third kappa shape index (κ3) is 5.91. The van der Waals surface area contributed by atoms with Gasteiger partial charge in [0.2, 0.25) is 0 Å². The minimum Gasteiger partial charge on any atom is -0.465 e. The molecule has 1 aromatic rings. The van der Waals surface area contributed by atoms with E-state index in [2.05, 4.69) is 31.8 Å². The maximum absolute atomic E-state index is 12.8. The van der Waals surface area contributed by atoms with Crippen LogP contribution < -0.4 is 5.32 Å². The number of para-hydroxylation sites is 1. The van der Waals surface area contributed by atoms with Crippen LogP contribution in [0.15, 0.2) is 53.0 Å². The minimum absolute atomic E-state index is 0.0967. The van der Waals surface area contributed by atoms with Crippen molar-refractivity contribution in [2.24, 2.45) is 22.7 Å². The molecule has 3 aliphatic rings. The quantitative estimate of drug-likeness (QED) is 0.173. The molecule has 1 aliphatic heterocycles. The Hall–Kier alpha value is -2.74. The molecule has 1 aromatic carbocycles. The van der Waals surface area contributed by atoms with Gasteiger partial charge in [-0.15, -0.1) is 11.8 Å². The molecule has 0 aromatic heterocycles. The average Bonchev–Trinajstić information content (AvgIpc) is 3.32. The highest BCUT2D eigenvalue weighted by molar-refractivity contribution is 7.98. The number of allylic oxidation sites excluding steroid dienone is 1. The first-order valence-electron chi connectivity index (χ1n) is 13.7. The van der Waals surface area contributed by atoms with Crippen LogP contribution in [0.1, 0.15) is 59.8 Å².